The molecular formula is C12H15Cl6O3PS. The Morgan fingerprint density at radius 3 is 1.09 bits per heavy atom. The first-order chi connectivity index (χ1) is 10.4. The number of rotatable bonds is 9. The van der Waals surface area contributed by atoms with E-state index in [9.17, 15) is 0 Å². The van der Waals surface area contributed by atoms with E-state index in [1.807, 2.05) is 0 Å². The van der Waals surface area contributed by atoms with E-state index < -0.39 is 19.7 Å². The monoisotopic (exact) mass is 480 g/mol. The van der Waals surface area contributed by atoms with Crippen LogP contribution in [0.3, 0.4) is 0 Å². The summed E-state index contributed by atoms with van der Waals surface area (Å²) in [6.07, 6.45) is 1.99. The summed E-state index contributed by atoms with van der Waals surface area (Å²) in [7, 11) is 0. The summed E-state index contributed by atoms with van der Waals surface area (Å²) in [5.74, 6) is 0.0903. The second-order valence-corrected chi connectivity index (χ2v) is 14.0. The lowest BCUT2D eigenvalue weighted by atomic mass is 10.5. The SMILES string of the molecule is S=P(OCC1CC1(Cl)Cl)(OCC1CC1(Cl)Cl)OCC1CC1(Cl)Cl. The fourth-order valence-electron chi connectivity index (χ4n) is 2.01. The second kappa shape index (κ2) is 6.71. The van der Waals surface area contributed by atoms with Crippen LogP contribution >= 0.6 is 76.3 Å². The molecule has 11 heteroatoms. The standard InChI is InChI=1S/C12H15Cl6O3PS/c13-10(14)1-7(10)4-19-22(23,20-5-8-2-11(8,15)16)21-6-9-3-12(9,17)18/h7-9H,1-6H2. The Balaban J connectivity index is 1.50. The van der Waals surface area contributed by atoms with Gasteiger partial charge < -0.3 is 13.6 Å². The Morgan fingerprint density at radius 2 is 0.913 bits per heavy atom. The van der Waals surface area contributed by atoms with E-state index >= 15 is 0 Å². The van der Waals surface area contributed by atoms with E-state index in [2.05, 4.69) is 0 Å². The normalized spacial score (nSPS) is 37.9. The van der Waals surface area contributed by atoms with Crippen molar-refractivity contribution >= 4 is 88.1 Å². The van der Waals surface area contributed by atoms with Crippen molar-refractivity contribution in [1.29, 1.82) is 0 Å². The minimum Gasteiger partial charge on any atom is -0.308 e. The van der Waals surface area contributed by atoms with Gasteiger partial charge in [0.05, 0.1) is 19.8 Å². The van der Waals surface area contributed by atoms with Gasteiger partial charge in [-0.3, -0.25) is 0 Å². The zero-order valence-corrected chi connectivity index (χ0v) is 18.1. The Bertz CT molecular complexity index is 460. The van der Waals surface area contributed by atoms with Crippen LogP contribution in [0, 0.1) is 17.8 Å². The summed E-state index contributed by atoms with van der Waals surface area (Å²) in [6.45, 7) is -2.08. The molecule has 134 valence electrons. The second-order valence-electron chi connectivity index (χ2n) is 6.32. The smallest absolute Gasteiger partial charge is 0.308 e. The minimum atomic E-state index is -2.95. The third-order valence-electron chi connectivity index (χ3n) is 4.17. The molecule has 0 aliphatic heterocycles. The van der Waals surface area contributed by atoms with Crippen LogP contribution in [0.5, 0.6) is 0 Å². The van der Waals surface area contributed by atoms with Crippen LogP contribution in [0.1, 0.15) is 19.3 Å². The molecule has 0 aromatic heterocycles. The molecule has 0 N–H and O–H groups in total. The van der Waals surface area contributed by atoms with Gasteiger partial charge in [-0.25, -0.2) is 0 Å². The highest BCUT2D eigenvalue weighted by atomic mass is 35.5. The van der Waals surface area contributed by atoms with Crippen LogP contribution in [-0.4, -0.2) is 32.8 Å². The lowest BCUT2D eigenvalue weighted by Gasteiger charge is -2.22. The first-order valence-corrected chi connectivity index (χ1v) is 11.9. The predicted octanol–water partition coefficient (Wildman–Crippen LogP) is 5.84. The van der Waals surface area contributed by atoms with Gasteiger partial charge in [-0.15, -0.1) is 69.6 Å². The molecule has 0 bridgehead atoms. The molecule has 23 heavy (non-hydrogen) atoms. The lowest BCUT2D eigenvalue weighted by molar-refractivity contribution is 0.143. The molecule has 0 aromatic rings. The van der Waals surface area contributed by atoms with Crippen molar-refractivity contribution in [2.75, 3.05) is 19.8 Å². The number of hydrogen-bond acceptors (Lipinski definition) is 4. The van der Waals surface area contributed by atoms with Gasteiger partial charge >= 0.3 is 6.72 Å². The maximum absolute atomic E-state index is 6.00. The van der Waals surface area contributed by atoms with Crippen molar-refractivity contribution < 1.29 is 13.6 Å². The highest BCUT2D eigenvalue weighted by molar-refractivity contribution is 8.07. The first kappa shape index (κ1) is 20.0. The van der Waals surface area contributed by atoms with Crippen molar-refractivity contribution in [3.63, 3.8) is 0 Å². The van der Waals surface area contributed by atoms with Gasteiger partial charge in [0.2, 0.25) is 0 Å². The van der Waals surface area contributed by atoms with Crippen LogP contribution < -0.4 is 0 Å². The minimum absolute atomic E-state index is 0.0301. The van der Waals surface area contributed by atoms with E-state index in [1.54, 1.807) is 0 Å². The molecule has 0 saturated heterocycles. The summed E-state index contributed by atoms with van der Waals surface area (Å²) in [4.78, 5) is 0. The van der Waals surface area contributed by atoms with Gasteiger partial charge in [0.1, 0.15) is 13.0 Å². The summed E-state index contributed by atoms with van der Waals surface area (Å²) < 4.78 is 14.9. The molecule has 3 aliphatic carbocycles. The quantitative estimate of drug-likeness (QED) is 0.305. The van der Waals surface area contributed by atoms with Crippen molar-refractivity contribution in [2.45, 2.75) is 32.3 Å². The fraction of sp³-hybridized carbons (Fsp3) is 1.00. The Labute approximate surface area is 170 Å². The Kier molecular flexibility index (Phi) is 5.84. The largest absolute Gasteiger partial charge is 0.327 e. The summed E-state index contributed by atoms with van der Waals surface area (Å²) >= 11 is 41.4. The van der Waals surface area contributed by atoms with Crippen molar-refractivity contribution in [1.82, 2.24) is 0 Å². The third kappa shape index (κ3) is 5.39. The summed E-state index contributed by atoms with van der Waals surface area (Å²) in [5, 5.41) is 0. The van der Waals surface area contributed by atoms with Crippen LogP contribution in [0.15, 0.2) is 0 Å². The van der Waals surface area contributed by atoms with Crippen molar-refractivity contribution in [2.24, 2.45) is 17.8 Å². The highest BCUT2D eigenvalue weighted by Gasteiger charge is 2.55. The van der Waals surface area contributed by atoms with E-state index in [0.29, 0.717) is 39.1 Å². The van der Waals surface area contributed by atoms with Crippen molar-refractivity contribution in [3.05, 3.63) is 0 Å². The zero-order chi connectivity index (χ0) is 17.1. The predicted molar refractivity (Wildman–Crippen MR) is 99.8 cm³/mol. The number of alkyl halides is 6. The van der Waals surface area contributed by atoms with E-state index in [4.69, 9.17) is 95.0 Å². The van der Waals surface area contributed by atoms with Crippen LogP contribution in [0.4, 0.5) is 0 Å². The third-order valence-corrected chi connectivity index (χ3v) is 9.29. The molecule has 3 nitrogen and oxygen atoms in total. The molecule has 0 spiro atoms. The number of halogens is 6. The average molecular weight is 483 g/mol. The van der Waals surface area contributed by atoms with Gasteiger partial charge in [0, 0.05) is 17.8 Å². The van der Waals surface area contributed by atoms with Gasteiger partial charge in [0.25, 0.3) is 0 Å². The molecule has 0 heterocycles. The van der Waals surface area contributed by atoms with E-state index in [0.717, 1.165) is 0 Å². The summed E-state index contributed by atoms with van der Waals surface area (Å²) in [5.41, 5.74) is 0. The molecule has 3 fully saturated rings. The molecular weight excluding hydrogens is 468 g/mol. The molecule has 0 amide bonds. The molecule has 3 rings (SSSR count). The Morgan fingerprint density at radius 1 is 0.696 bits per heavy atom. The van der Waals surface area contributed by atoms with E-state index in [1.165, 1.54) is 0 Å². The molecule has 3 saturated carbocycles. The van der Waals surface area contributed by atoms with Crippen LogP contribution in [0.25, 0.3) is 0 Å². The van der Waals surface area contributed by atoms with Crippen LogP contribution in [0.2, 0.25) is 0 Å². The maximum atomic E-state index is 6.00. The topological polar surface area (TPSA) is 27.7 Å². The molecule has 3 unspecified atom stereocenters. The van der Waals surface area contributed by atoms with Gasteiger partial charge in [0.15, 0.2) is 0 Å². The summed E-state index contributed by atoms with van der Waals surface area (Å²) in [6, 6.07) is 0. The van der Waals surface area contributed by atoms with Crippen LogP contribution in [-0.2, 0) is 25.4 Å². The lowest BCUT2D eigenvalue weighted by Crippen LogP contribution is -2.10. The first-order valence-electron chi connectivity index (χ1n) is 7.11. The Hall–Kier alpha value is 2.27. The van der Waals surface area contributed by atoms with Gasteiger partial charge in [-0.05, 0) is 31.1 Å². The molecule has 3 atom stereocenters. The average Bonchev–Trinajstić information content (AvgIpc) is 3.33. The van der Waals surface area contributed by atoms with Gasteiger partial charge in [-0.1, -0.05) is 0 Å². The fourth-order valence-corrected chi connectivity index (χ4v) is 5.36. The maximum Gasteiger partial charge on any atom is 0.327 e. The number of hydrogen-bond donors (Lipinski definition) is 0. The van der Waals surface area contributed by atoms with Crippen molar-refractivity contribution in [3.8, 4) is 0 Å². The van der Waals surface area contributed by atoms with E-state index in [-0.39, 0.29) is 17.8 Å². The molecule has 0 aromatic carbocycles. The zero-order valence-electron chi connectivity index (χ0n) is 11.8. The molecule has 3 aliphatic rings. The molecule has 0 radical (unpaired) electrons. The highest BCUT2D eigenvalue weighted by Crippen LogP contribution is 2.61. The van der Waals surface area contributed by atoms with Gasteiger partial charge in [-0.2, -0.15) is 0 Å².